The highest BCUT2D eigenvalue weighted by Gasteiger charge is 2.24. The van der Waals surface area contributed by atoms with Crippen LogP contribution in [0.2, 0.25) is 0 Å². The first kappa shape index (κ1) is 9.09. The van der Waals surface area contributed by atoms with Gasteiger partial charge in [0.1, 0.15) is 0 Å². The minimum absolute atomic E-state index is 0.0600. The lowest BCUT2D eigenvalue weighted by molar-refractivity contribution is 0.187. The van der Waals surface area contributed by atoms with E-state index in [9.17, 15) is 4.79 Å². The van der Waals surface area contributed by atoms with Crippen LogP contribution in [-0.4, -0.2) is 34.5 Å². The molecule has 2 atom stereocenters. The van der Waals surface area contributed by atoms with Crippen molar-refractivity contribution in [3.05, 3.63) is 0 Å². The Bertz CT molecular complexity index is 161. The third kappa shape index (κ3) is 2.21. The van der Waals surface area contributed by atoms with E-state index in [1.807, 2.05) is 7.05 Å². The lowest BCUT2D eigenvalue weighted by atomic mass is 10.1. The van der Waals surface area contributed by atoms with Gasteiger partial charge in [-0.05, 0) is 6.42 Å². The van der Waals surface area contributed by atoms with Crippen LogP contribution in [-0.2, 0) is 0 Å². The van der Waals surface area contributed by atoms with E-state index in [2.05, 4.69) is 34.8 Å². The Hall–Kier alpha value is 0. The summed E-state index contributed by atoms with van der Waals surface area (Å²) in [6.45, 7) is 3.00. The Morgan fingerprint density at radius 1 is 1.82 bits per heavy atom. The van der Waals surface area contributed by atoms with Gasteiger partial charge in [0, 0.05) is 23.6 Å². The molecule has 1 aliphatic rings. The van der Waals surface area contributed by atoms with Crippen LogP contribution in [0.15, 0.2) is 0 Å². The number of halogens is 1. The number of alkyl halides is 1. The van der Waals surface area contributed by atoms with Gasteiger partial charge in [0.05, 0.1) is 0 Å². The molecule has 0 saturated carbocycles. The third-order valence-corrected chi connectivity index (χ3v) is 2.85. The average molecular weight is 268 g/mol. The van der Waals surface area contributed by atoms with Crippen molar-refractivity contribution < 1.29 is 4.79 Å². The number of rotatable bonds is 1. The summed E-state index contributed by atoms with van der Waals surface area (Å²) in [6, 6.07) is 0.420. The van der Waals surface area contributed by atoms with Gasteiger partial charge in [-0.15, -0.1) is 0 Å². The van der Waals surface area contributed by atoms with E-state index >= 15 is 0 Å². The highest BCUT2D eigenvalue weighted by molar-refractivity contribution is 14.1. The number of urea groups is 1. The molecule has 0 aromatic carbocycles. The summed E-state index contributed by atoms with van der Waals surface area (Å²) in [7, 11) is 1.82. The van der Waals surface area contributed by atoms with Crippen LogP contribution in [0, 0.1) is 0 Å². The second-order valence-electron chi connectivity index (χ2n) is 2.94. The van der Waals surface area contributed by atoms with Crippen LogP contribution in [0.3, 0.4) is 0 Å². The zero-order valence-electron chi connectivity index (χ0n) is 6.80. The van der Waals surface area contributed by atoms with Gasteiger partial charge in [0.25, 0.3) is 0 Å². The van der Waals surface area contributed by atoms with Crippen LogP contribution in [0.4, 0.5) is 4.79 Å². The van der Waals surface area contributed by atoms with Crippen LogP contribution >= 0.6 is 22.6 Å². The van der Waals surface area contributed by atoms with E-state index in [1.165, 1.54) is 0 Å². The predicted molar refractivity (Wildman–Crippen MR) is 53.0 cm³/mol. The van der Waals surface area contributed by atoms with E-state index in [0.29, 0.717) is 9.97 Å². The minimum Gasteiger partial charge on any atom is -0.334 e. The second kappa shape index (κ2) is 3.60. The second-order valence-corrected chi connectivity index (χ2v) is 4.91. The molecule has 1 heterocycles. The van der Waals surface area contributed by atoms with Gasteiger partial charge in [-0.25, -0.2) is 4.79 Å². The van der Waals surface area contributed by atoms with E-state index in [-0.39, 0.29) is 6.03 Å². The number of nitrogens with one attached hydrogen (secondary N) is 1. The third-order valence-electron chi connectivity index (χ3n) is 1.99. The van der Waals surface area contributed by atoms with E-state index in [4.69, 9.17) is 0 Å². The maximum atomic E-state index is 11.1. The molecule has 0 aliphatic carbocycles. The zero-order valence-corrected chi connectivity index (χ0v) is 8.96. The van der Waals surface area contributed by atoms with Crippen LogP contribution in [0.25, 0.3) is 0 Å². The Kier molecular flexibility index (Phi) is 2.98. The molecule has 2 unspecified atom stereocenters. The highest BCUT2D eigenvalue weighted by Crippen LogP contribution is 2.13. The number of hydrogen-bond donors (Lipinski definition) is 1. The maximum Gasteiger partial charge on any atom is 0.317 e. The van der Waals surface area contributed by atoms with Crippen molar-refractivity contribution in [1.82, 2.24) is 10.2 Å². The Balaban J connectivity index is 2.46. The molecule has 0 aromatic heterocycles. The summed E-state index contributed by atoms with van der Waals surface area (Å²) in [6.07, 6.45) is 1.06. The van der Waals surface area contributed by atoms with Gasteiger partial charge >= 0.3 is 6.03 Å². The summed E-state index contributed by atoms with van der Waals surface area (Å²) in [5, 5.41) is 2.95. The highest BCUT2D eigenvalue weighted by atomic mass is 127. The molecule has 3 nitrogen and oxygen atoms in total. The zero-order chi connectivity index (χ0) is 8.43. The van der Waals surface area contributed by atoms with Crippen molar-refractivity contribution in [3.8, 4) is 0 Å². The van der Waals surface area contributed by atoms with Gasteiger partial charge in [0.15, 0.2) is 0 Å². The number of amides is 2. The minimum atomic E-state index is 0.0600. The molecule has 0 bridgehead atoms. The van der Waals surface area contributed by atoms with Gasteiger partial charge in [-0.3, -0.25) is 0 Å². The molecule has 64 valence electrons. The summed E-state index contributed by atoms with van der Waals surface area (Å²) in [5.74, 6) is 0. The molecule has 1 N–H and O–H groups in total. The lowest BCUT2D eigenvalue weighted by Crippen LogP contribution is -2.52. The molecule has 11 heavy (non-hydrogen) atoms. The first-order valence-corrected chi connectivity index (χ1v) is 5.01. The summed E-state index contributed by atoms with van der Waals surface area (Å²) in [4.78, 5) is 12.8. The fourth-order valence-electron chi connectivity index (χ4n) is 1.12. The Morgan fingerprint density at radius 2 is 2.45 bits per heavy atom. The Morgan fingerprint density at radius 3 is 2.91 bits per heavy atom. The lowest BCUT2D eigenvalue weighted by Gasteiger charge is -2.31. The summed E-state index contributed by atoms with van der Waals surface area (Å²) < 4.78 is 0.519. The predicted octanol–water partition coefficient (Wildman–Crippen LogP) is 1.22. The summed E-state index contributed by atoms with van der Waals surface area (Å²) in [5.41, 5.74) is 0. The number of carbonyl (C=O) groups excluding carboxylic acids is 1. The number of carbonyl (C=O) groups is 1. The fourth-order valence-corrected chi connectivity index (χ4v) is 1.66. The molecule has 1 rings (SSSR count). The van der Waals surface area contributed by atoms with Gasteiger partial charge in [-0.2, -0.15) is 0 Å². The van der Waals surface area contributed by atoms with Crippen molar-refractivity contribution >= 4 is 28.6 Å². The van der Waals surface area contributed by atoms with Crippen LogP contribution < -0.4 is 5.32 Å². The van der Waals surface area contributed by atoms with Crippen LogP contribution in [0.1, 0.15) is 13.3 Å². The molecule has 0 radical (unpaired) electrons. The van der Waals surface area contributed by atoms with Crippen molar-refractivity contribution in [2.75, 3.05) is 13.6 Å². The molecule has 1 fully saturated rings. The largest absolute Gasteiger partial charge is 0.334 e. The molecule has 4 heteroatoms. The first-order chi connectivity index (χ1) is 5.11. The smallest absolute Gasteiger partial charge is 0.317 e. The molecule has 0 aromatic rings. The average Bonchev–Trinajstić information content (AvgIpc) is 1.94. The molecule has 1 saturated heterocycles. The van der Waals surface area contributed by atoms with E-state index < -0.39 is 0 Å². The molecule has 1 aliphatic heterocycles. The Labute approximate surface area is 80.7 Å². The van der Waals surface area contributed by atoms with Crippen molar-refractivity contribution in [3.63, 3.8) is 0 Å². The molecule has 2 amide bonds. The monoisotopic (exact) mass is 268 g/mol. The topological polar surface area (TPSA) is 32.3 Å². The number of nitrogens with zero attached hydrogens (tertiary/aromatic N) is 1. The summed E-state index contributed by atoms with van der Waals surface area (Å²) >= 11 is 2.35. The molecule has 0 spiro atoms. The van der Waals surface area contributed by atoms with Gasteiger partial charge < -0.3 is 10.2 Å². The van der Waals surface area contributed by atoms with E-state index in [1.54, 1.807) is 4.90 Å². The SMILES string of the molecule is CC(I)C1CCN(C)C(=O)N1. The van der Waals surface area contributed by atoms with Crippen molar-refractivity contribution in [2.24, 2.45) is 0 Å². The normalized spacial score (nSPS) is 28.1. The van der Waals surface area contributed by atoms with Crippen LogP contribution in [0.5, 0.6) is 0 Å². The quantitative estimate of drug-likeness (QED) is 0.563. The van der Waals surface area contributed by atoms with Crippen molar-refractivity contribution in [1.29, 1.82) is 0 Å². The number of hydrogen-bond acceptors (Lipinski definition) is 1. The fraction of sp³-hybridized carbons (Fsp3) is 0.857. The van der Waals surface area contributed by atoms with Gasteiger partial charge in [0.2, 0.25) is 0 Å². The van der Waals surface area contributed by atoms with E-state index in [0.717, 1.165) is 13.0 Å². The molecular weight excluding hydrogens is 255 g/mol. The van der Waals surface area contributed by atoms with Crippen molar-refractivity contribution in [2.45, 2.75) is 23.3 Å². The first-order valence-electron chi connectivity index (χ1n) is 3.77. The standard InChI is InChI=1S/C7H13IN2O/c1-5(8)6-3-4-10(2)7(11)9-6/h5-6H,3-4H2,1-2H3,(H,9,11). The van der Waals surface area contributed by atoms with Gasteiger partial charge in [-0.1, -0.05) is 29.5 Å². The molecular formula is C7H13IN2O. The maximum absolute atomic E-state index is 11.1.